The van der Waals surface area contributed by atoms with Gasteiger partial charge < -0.3 is 10.2 Å². The van der Waals surface area contributed by atoms with Crippen LogP contribution in [0.15, 0.2) is 0 Å². The molecule has 1 atom stereocenters. The van der Waals surface area contributed by atoms with Gasteiger partial charge in [0.05, 0.1) is 12.5 Å². The van der Waals surface area contributed by atoms with Crippen LogP contribution in [0.5, 0.6) is 0 Å². The summed E-state index contributed by atoms with van der Waals surface area (Å²) in [5, 5.41) is 12.8. The van der Waals surface area contributed by atoms with Crippen molar-refractivity contribution in [1.29, 1.82) is 5.41 Å². The van der Waals surface area contributed by atoms with Crippen molar-refractivity contribution in [3.8, 4) is 0 Å². The standard InChI is InChI=1S/C10H18N4O2/c1-4-14-7(9(11)13-10(14)16)5-8(15)12-6(2)3/h6-7H,4-5H2,1-3H3,(H,12,15)(H2,11,13,16). The van der Waals surface area contributed by atoms with Gasteiger partial charge in [-0.05, 0) is 20.8 Å². The fourth-order valence-electron chi connectivity index (χ4n) is 1.70. The van der Waals surface area contributed by atoms with E-state index in [1.165, 1.54) is 4.90 Å². The molecule has 1 rings (SSSR count). The monoisotopic (exact) mass is 226 g/mol. The Balaban J connectivity index is 2.61. The molecule has 0 aromatic carbocycles. The Morgan fingerprint density at radius 1 is 1.62 bits per heavy atom. The second kappa shape index (κ2) is 4.96. The third kappa shape index (κ3) is 2.71. The van der Waals surface area contributed by atoms with E-state index >= 15 is 0 Å². The fourth-order valence-corrected chi connectivity index (χ4v) is 1.70. The molecule has 0 aromatic heterocycles. The molecule has 0 spiro atoms. The van der Waals surface area contributed by atoms with Crippen molar-refractivity contribution < 1.29 is 9.59 Å². The van der Waals surface area contributed by atoms with Crippen molar-refractivity contribution in [2.75, 3.05) is 6.54 Å². The highest BCUT2D eigenvalue weighted by atomic mass is 16.2. The van der Waals surface area contributed by atoms with Gasteiger partial charge in [0, 0.05) is 12.6 Å². The Kier molecular flexibility index (Phi) is 3.87. The van der Waals surface area contributed by atoms with Gasteiger partial charge in [-0.1, -0.05) is 0 Å². The lowest BCUT2D eigenvalue weighted by atomic mass is 10.1. The number of amides is 3. The lowest BCUT2D eigenvalue weighted by Crippen LogP contribution is -2.40. The van der Waals surface area contributed by atoms with E-state index in [0.29, 0.717) is 6.54 Å². The maximum absolute atomic E-state index is 11.5. The van der Waals surface area contributed by atoms with Gasteiger partial charge in [-0.3, -0.25) is 15.5 Å². The summed E-state index contributed by atoms with van der Waals surface area (Å²) in [6.45, 7) is 6.07. The van der Waals surface area contributed by atoms with E-state index in [9.17, 15) is 9.59 Å². The number of urea groups is 1. The molecule has 6 nitrogen and oxygen atoms in total. The van der Waals surface area contributed by atoms with Crippen molar-refractivity contribution in [3.63, 3.8) is 0 Å². The van der Waals surface area contributed by atoms with Gasteiger partial charge in [0.25, 0.3) is 0 Å². The van der Waals surface area contributed by atoms with Crippen LogP contribution in [0.3, 0.4) is 0 Å². The molecule has 0 saturated carbocycles. The van der Waals surface area contributed by atoms with Crippen LogP contribution in [0.2, 0.25) is 0 Å². The highest BCUT2D eigenvalue weighted by Crippen LogP contribution is 2.11. The molecular formula is C10H18N4O2. The predicted molar refractivity (Wildman–Crippen MR) is 60.3 cm³/mol. The van der Waals surface area contributed by atoms with Gasteiger partial charge in [0.1, 0.15) is 5.84 Å². The van der Waals surface area contributed by atoms with E-state index in [1.54, 1.807) is 0 Å². The molecule has 6 heteroatoms. The number of hydrogen-bond donors (Lipinski definition) is 3. The first-order chi connectivity index (χ1) is 7.45. The number of hydrogen-bond acceptors (Lipinski definition) is 3. The maximum atomic E-state index is 11.5. The van der Waals surface area contributed by atoms with Crippen LogP contribution in [0.1, 0.15) is 27.2 Å². The molecule has 3 N–H and O–H groups in total. The zero-order valence-electron chi connectivity index (χ0n) is 9.83. The minimum absolute atomic E-state index is 0.0711. The molecular weight excluding hydrogens is 208 g/mol. The van der Waals surface area contributed by atoms with Crippen molar-refractivity contribution in [3.05, 3.63) is 0 Å². The van der Waals surface area contributed by atoms with Gasteiger partial charge in [-0.25, -0.2) is 4.79 Å². The Labute approximate surface area is 94.9 Å². The van der Waals surface area contributed by atoms with E-state index in [2.05, 4.69) is 10.6 Å². The minimum Gasteiger partial charge on any atom is -0.354 e. The van der Waals surface area contributed by atoms with Crippen LogP contribution in [0.4, 0.5) is 4.79 Å². The molecule has 1 aliphatic rings. The third-order valence-corrected chi connectivity index (χ3v) is 2.38. The number of nitrogens with one attached hydrogen (secondary N) is 3. The summed E-state index contributed by atoms with van der Waals surface area (Å²) in [6.07, 6.45) is 0.142. The van der Waals surface area contributed by atoms with Crippen molar-refractivity contribution in [2.45, 2.75) is 39.3 Å². The van der Waals surface area contributed by atoms with Gasteiger partial charge in [-0.2, -0.15) is 0 Å². The Hall–Kier alpha value is -1.59. The van der Waals surface area contributed by atoms with E-state index in [4.69, 9.17) is 5.41 Å². The molecule has 16 heavy (non-hydrogen) atoms. The number of rotatable bonds is 4. The quantitative estimate of drug-likeness (QED) is 0.643. The van der Waals surface area contributed by atoms with Crippen molar-refractivity contribution >= 4 is 17.8 Å². The summed E-state index contributed by atoms with van der Waals surface area (Å²) in [5.41, 5.74) is 0. The summed E-state index contributed by atoms with van der Waals surface area (Å²) in [4.78, 5) is 24.4. The fraction of sp³-hybridized carbons (Fsp3) is 0.700. The molecule has 1 saturated heterocycles. The van der Waals surface area contributed by atoms with Gasteiger partial charge in [0.15, 0.2) is 0 Å². The molecule has 1 heterocycles. The smallest absolute Gasteiger partial charge is 0.323 e. The predicted octanol–water partition coefficient (Wildman–Crippen LogP) is 0.292. The normalized spacial score (nSPS) is 20.2. The van der Waals surface area contributed by atoms with Crippen LogP contribution in [0.25, 0.3) is 0 Å². The first kappa shape index (κ1) is 12.5. The van der Waals surface area contributed by atoms with E-state index in [-0.39, 0.29) is 30.2 Å². The summed E-state index contributed by atoms with van der Waals surface area (Å²) < 4.78 is 0. The Bertz CT molecular complexity index is 314. The van der Waals surface area contributed by atoms with Gasteiger partial charge >= 0.3 is 6.03 Å². The molecule has 1 aliphatic heterocycles. The molecule has 0 aliphatic carbocycles. The molecule has 0 bridgehead atoms. The molecule has 3 amide bonds. The van der Waals surface area contributed by atoms with E-state index in [1.807, 2.05) is 20.8 Å². The molecule has 1 unspecified atom stereocenters. The molecule has 0 radical (unpaired) electrons. The molecule has 90 valence electrons. The van der Waals surface area contributed by atoms with Crippen LogP contribution in [0, 0.1) is 5.41 Å². The second-order valence-corrected chi connectivity index (χ2v) is 4.07. The summed E-state index contributed by atoms with van der Waals surface area (Å²) >= 11 is 0. The molecule has 0 aromatic rings. The summed E-state index contributed by atoms with van der Waals surface area (Å²) in [6, 6.07) is -0.673. The topological polar surface area (TPSA) is 85.3 Å². The Morgan fingerprint density at radius 2 is 2.25 bits per heavy atom. The average Bonchev–Trinajstić information content (AvgIpc) is 2.40. The molecule has 1 fully saturated rings. The van der Waals surface area contributed by atoms with E-state index < -0.39 is 6.04 Å². The number of amidine groups is 1. The lowest BCUT2D eigenvalue weighted by Gasteiger charge is -2.20. The first-order valence-corrected chi connectivity index (χ1v) is 5.41. The zero-order valence-corrected chi connectivity index (χ0v) is 9.83. The summed E-state index contributed by atoms with van der Waals surface area (Å²) in [7, 11) is 0. The minimum atomic E-state index is -0.448. The first-order valence-electron chi connectivity index (χ1n) is 5.41. The highest BCUT2D eigenvalue weighted by molar-refractivity contribution is 6.07. The highest BCUT2D eigenvalue weighted by Gasteiger charge is 2.35. The zero-order chi connectivity index (χ0) is 12.3. The van der Waals surface area contributed by atoms with E-state index in [0.717, 1.165) is 0 Å². The second-order valence-electron chi connectivity index (χ2n) is 4.07. The lowest BCUT2D eigenvalue weighted by molar-refractivity contribution is -0.122. The van der Waals surface area contributed by atoms with Crippen molar-refractivity contribution in [1.82, 2.24) is 15.5 Å². The van der Waals surface area contributed by atoms with Crippen LogP contribution >= 0.6 is 0 Å². The SMILES string of the molecule is CCN1C(=O)NC(=N)C1CC(=O)NC(C)C. The number of likely N-dealkylation sites (N-methyl/N-ethyl adjacent to an activating group) is 1. The van der Waals surface area contributed by atoms with Gasteiger partial charge in [0.2, 0.25) is 5.91 Å². The maximum Gasteiger partial charge on any atom is 0.323 e. The van der Waals surface area contributed by atoms with Crippen molar-refractivity contribution in [2.24, 2.45) is 0 Å². The largest absolute Gasteiger partial charge is 0.354 e. The van der Waals surface area contributed by atoms with Crippen LogP contribution in [-0.4, -0.2) is 41.3 Å². The van der Waals surface area contributed by atoms with Gasteiger partial charge in [-0.15, -0.1) is 0 Å². The van der Waals surface area contributed by atoms with Crippen LogP contribution in [-0.2, 0) is 4.79 Å². The number of carbonyl (C=O) groups excluding carboxylic acids is 2. The third-order valence-electron chi connectivity index (χ3n) is 2.38. The Morgan fingerprint density at radius 3 is 2.75 bits per heavy atom. The average molecular weight is 226 g/mol. The number of nitrogens with zero attached hydrogens (tertiary/aromatic N) is 1. The summed E-state index contributed by atoms with van der Waals surface area (Å²) in [5.74, 6) is -0.0366. The number of carbonyl (C=O) groups is 2. The van der Waals surface area contributed by atoms with Crippen LogP contribution < -0.4 is 10.6 Å².